The highest BCUT2D eigenvalue weighted by Crippen LogP contribution is 2.07. The highest BCUT2D eigenvalue weighted by atomic mass is 32.2. The number of amides is 1. The molecule has 15 heavy (non-hydrogen) atoms. The molecule has 1 aliphatic heterocycles. The van der Waals surface area contributed by atoms with Crippen LogP contribution in [0.25, 0.3) is 0 Å². The van der Waals surface area contributed by atoms with Gasteiger partial charge in [0.05, 0.1) is 0 Å². The monoisotopic (exact) mass is 234 g/mol. The Morgan fingerprint density at radius 3 is 2.80 bits per heavy atom. The zero-order valence-corrected chi connectivity index (χ0v) is 9.77. The topological polar surface area (TPSA) is 75.3 Å². The lowest BCUT2D eigenvalue weighted by Gasteiger charge is -2.10. The summed E-state index contributed by atoms with van der Waals surface area (Å²) in [6.45, 7) is 1.59. The van der Waals surface area contributed by atoms with Crippen LogP contribution < -0.4 is 10.6 Å². The molecule has 1 aliphatic rings. The van der Waals surface area contributed by atoms with Gasteiger partial charge in [-0.05, 0) is 25.8 Å². The van der Waals surface area contributed by atoms with Crippen LogP contribution in [0.2, 0.25) is 0 Å². The third-order valence-corrected chi connectivity index (χ3v) is 3.16. The molecule has 0 saturated carbocycles. The standard InChI is InChI=1S/C9H18N2O3S/c1-15(13,14)7-9(12)11-6-4-8-3-2-5-10-8/h8,10H,2-7H2,1H3,(H,11,12). The smallest absolute Gasteiger partial charge is 0.235 e. The average molecular weight is 234 g/mol. The van der Waals surface area contributed by atoms with Crippen LogP contribution in [0.1, 0.15) is 19.3 Å². The van der Waals surface area contributed by atoms with Gasteiger partial charge in [0.25, 0.3) is 0 Å². The molecule has 0 bridgehead atoms. The van der Waals surface area contributed by atoms with E-state index in [1.807, 2.05) is 0 Å². The summed E-state index contributed by atoms with van der Waals surface area (Å²) < 4.78 is 21.6. The van der Waals surface area contributed by atoms with Crippen LogP contribution in [-0.4, -0.2) is 45.5 Å². The van der Waals surface area contributed by atoms with Gasteiger partial charge in [-0.1, -0.05) is 0 Å². The van der Waals surface area contributed by atoms with Crippen molar-refractivity contribution in [1.82, 2.24) is 10.6 Å². The fraction of sp³-hybridized carbons (Fsp3) is 0.889. The molecule has 1 atom stereocenters. The molecule has 0 aromatic carbocycles. The zero-order valence-electron chi connectivity index (χ0n) is 8.95. The minimum atomic E-state index is -3.20. The summed E-state index contributed by atoms with van der Waals surface area (Å²) in [6.07, 6.45) is 4.25. The van der Waals surface area contributed by atoms with Crippen molar-refractivity contribution in [3.05, 3.63) is 0 Å². The molecule has 0 aromatic heterocycles. The summed E-state index contributed by atoms with van der Waals surface area (Å²) in [5, 5.41) is 5.92. The van der Waals surface area contributed by atoms with E-state index in [9.17, 15) is 13.2 Å². The number of rotatable bonds is 5. The average Bonchev–Trinajstić information content (AvgIpc) is 2.53. The maximum atomic E-state index is 11.1. The van der Waals surface area contributed by atoms with Crippen molar-refractivity contribution in [2.75, 3.05) is 25.1 Å². The molecular weight excluding hydrogens is 216 g/mol. The van der Waals surface area contributed by atoms with E-state index in [2.05, 4.69) is 10.6 Å². The Kier molecular flexibility index (Phi) is 4.53. The fourth-order valence-electron chi connectivity index (χ4n) is 1.68. The minimum Gasteiger partial charge on any atom is -0.355 e. The van der Waals surface area contributed by atoms with Crippen LogP contribution in [0.15, 0.2) is 0 Å². The number of hydrogen-bond donors (Lipinski definition) is 2. The number of sulfone groups is 1. The predicted molar refractivity (Wildman–Crippen MR) is 58.4 cm³/mol. The van der Waals surface area contributed by atoms with Crippen molar-refractivity contribution < 1.29 is 13.2 Å². The Bertz CT molecular complexity index is 307. The summed E-state index contributed by atoms with van der Waals surface area (Å²) in [6, 6.07) is 0.475. The van der Waals surface area contributed by atoms with E-state index in [-0.39, 0.29) is 0 Å². The Morgan fingerprint density at radius 1 is 1.53 bits per heavy atom. The highest BCUT2D eigenvalue weighted by molar-refractivity contribution is 7.91. The van der Waals surface area contributed by atoms with Gasteiger partial charge in [0, 0.05) is 18.8 Å². The van der Waals surface area contributed by atoms with Crippen LogP contribution in [0, 0.1) is 0 Å². The zero-order chi connectivity index (χ0) is 11.3. The van der Waals surface area contributed by atoms with Crippen LogP contribution in [0.4, 0.5) is 0 Å². The van der Waals surface area contributed by atoms with Gasteiger partial charge in [-0.25, -0.2) is 8.42 Å². The number of hydrogen-bond acceptors (Lipinski definition) is 4. The van der Waals surface area contributed by atoms with Gasteiger partial charge in [0.15, 0.2) is 9.84 Å². The molecule has 5 nitrogen and oxygen atoms in total. The molecule has 0 aliphatic carbocycles. The van der Waals surface area contributed by atoms with Crippen molar-refractivity contribution >= 4 is 15.7 Å². The summed E-state index contributed by atoms with van der Waals surface area (Å²) in [7, 11) is -3.20. The Morgan fingerprint density at radius 2 is 2.27 bits per heavy atom. The SMILES string of the molecule is CS(=O)(=O)CC(=O)NCCC1CCCN1. The second-order valence-electron chi connectivity index (χ2n) is 4.00. The number of nitrogens with one attached hydrogen (secondary N) is 2. The maximum absolute atomic E-state index is 11.1. The first-order valence-corrected chi connectivity index (χ1v) is 7.21. The minimum absolute atomic E-state index is 0.407. The van der Waals surface area contributed by atoms with Gasteiger partial charge in [-0.2, -0.15) is 0 Å². The highest BCUT2D eigenvalue weighted by Gasteiger charge is 2.14. The van der Waals surface area contributed by atoms with E-state index in [1.165, 1.54) is 6.42 Å². The van der Waals surface area contributed by atoms with Crippen molar-refractivity contribution in [3.63, 3.8) is 0 Å². The van der Waals surface area contributed by atoms with E-state index < -0.39 is 21.5 Å². The Labute approximate surface area is 90.5 Å². The largest absolute Gasteiger partial charge is 0.355 e. The molecule has 1 saturated heterocycles. The van der Waals surface area contributed by atoms with E-state index in [0.717, 1.165) is 25.6 Å². The van der Waals surface area contributed by atoms with E-state index in [0.29, 0.717) is 12.6 Å². The van der Waals surface area contributed by atoms with Gasteiger partial charge in [-0.15, -0.1) is 0 Å². The molecule has 0 radical (unpaired) electrons. The normalized spacial score (nSPS) is 21.5. The molecule has 88 valence electrons. The molecule has 2 N–H and O–H groups in total. The van der Waals surface area contributed by atoms with Gasteiger partial charge >= 0.3 is 0 Å². The van der Waals surface area contributed by atoms with Gasteiger partial charge in [-0.3, -0.25) is 4.79 Å². The third kappa shape index (κ3) is 5.74. The summed E-state index contributed by atoms with van der Waals surface area (Å²) in [4.78, 5) is 11.1. The van der Waals surface area contributed by atoms with Gasteiger partial charge < -0.3 is 10.6 Å². The lowest BCUT2D eigenvalue weighted by atomic mass is 10.1. The first-order chi connectivity index (χ1) is 6.97. The molecule has 1 amide bonds. The van der Waals surface area contributed by atoms with Gasteiger partial charge in [0.2, 0.25) is 5.91 Å². The van der Waals surface area contributed by atoms with E-state index >= 15 is 0 Å². The Balaban J connectivity index is 2.11. The fourth-order valence-corrected chi connectivity index (χ4v) is 2.26. The van der Waals surface area contributed by atoms with Crippen molar-refractivity contribution in [2.24, 2.45) is 0 Å². The lowest BCUT2D eigenvalue weighted by molar-refractivity contribution is -0.118. The molecule has 1 rings (SSSR count). The molecule has 6 heteroatoms. The van der Waals surface area contributed by atoms with Crippen molar-refractivity contribution in [3.8, 4) is 0 Å². The van der Waals surface area contributed by atoms with E-state index in [1.54, 1.807) is 0 Å². The summed E-state index contributed by atoms with van der Waals surface area (Å²) in [5.74, 6) is -0.819. The first kappa shape index (κ1) is 12.4. The predicted octanol–water partition coefficient (Wildman–Crippen LogP) is -0.711. The maximum Gasteiger partial charge on any atom is 0.235 e. The second-order valence-corrected chi connectivity index (χ2v) is 6.14. The number of carbonyl (C=O) groups excluding carboxylic acids is 1. The van der Waals surface area contributed by atoms with Gasteiger partial charge in [0.1, 0.15) is 5.75 Å². The van der Waals surface area contributed by atoms with Crippen LogP contribution in [-0.2, 0) is 14.6 Å². The quantitative estimate of drug-likeness (QED) is 0.659. The lowest BCUT2D eigenvalue weighted by Crippen LogP contribution is -2.33. The summed E-state index contributed by atoms with van der Waals surface area (Å²) >= 11 is 0. The van der Waals surface area contributed by atoms with Crippen molar-refractivity contribution in [1.29, 1.82) is 0 Å². The molecule has 1 unspecified atom stereocenters. The molecule has 0 aromatic rings. The molecule has 1 heterocycles. The van der Waals surface area contributed by atoms with Crippen molar-refractivity contribution in [2.45, 2.75) is 25.3 Å². The Hall–Kier alpha value is -0.620. The molecular formula is C9H18N2O3S. The number of carbonyl (C=O) groups is 1. The summed E-state index contributed by atoms with van der Waals surface area (Å²) in [5.41, 5.74) is 0. The van der Waals surface area contributed by atoms with Crippen LogP contribution in [0.5, 0.6) is 0 Å². The third-order valence-electron chi connectivity index (χ3n) is 2.37. The molecule has 0 spiro atoms. The van der Waals surface area contributed by atoms with Crippen LogP contribution >= 0.6 is 0 Å². The first-order valence-electron chi connectivity index (χ1n) is 5.15. The molecule has 1 fully saturated rings. The van der Waals surface area contributed by atoms with E-state index in [4.69, 9.17) is 0 Å². The second kappa shape index (κ2) is 5.46. The van der Waals surface area contributed by atoms with Crippen LogP contribution in [0.3, 0.4) is 0 Å².